The van der Waals surface area contributed by atoms with Crippen LogP contribution in [-0.2, 0) is 16.0 Å². The van der Waals surface area contributed by atoms with Gasteiger partial charge in [-0.2, -0.15) is 0 Å². The monoisotopic (exact) mass is 347 g/mol. The van der Waals surface area contributed by atoms with E-state index in [0.717, 1.165) is 50.9 Å². The zero-order chi connectivity index (χ0) is 16.7. The van der Waals surface area contributed by atoms with Gasteiger partial charge in [0.15, 0.2) is 0 Å². The number of hydrogen-bond acceptors (Lipinski definition) is 4. The van der Waals surface area contributed by atoms with E-state index in [-0.39, 0.29) is 17.7 Å². The van der Waals surface area contributed by atoms with Gasteiger partial charge in [0.1, 0.15) is 0 Å². The van der Waals surface area contributed by atoms with Crippen LogP contribution >= 0.6 is 11.3 Å². The molecule has 0 bridgehead atoms. The molecule has 1 saturated carbocycles. The second-order valence-corrected chi connectivity index (χ2v) is 8.22. The zero-order valence-corrected chi connectivity index (χ0v) is 15.1. The second kappa shape index (κ2) is 6.47. The minimum absolute atomic E-state index is 0.126. The van der Waals surface area contributed by atoms with Gasteiger partial charge in [0.25, 0.3) is 0 Å². The molecule has 0 radical (unpaired) electrons. The van der Waals surface area contributed by atoms with Crippen LogP contribution in [0, 0.1) is 5.92 Å². The number of nitrogens with zero attached hydrogens (tertiary/aromatic N) is 3. The number of piperidine rings is 1. The molecule has 3 heterocycles. The number of aromatic nitrogens is 1. The van der Waals surface area contributed by atoms with Gasteiger partial charge in [-0.3, -0.25) is 9.59 Å². The molecular weight excluding hydrogens is 322 g/mol. The van der Waals surface area contributed by atoms with Gasteiger partial charge in [0.2, 0.25) is 11.8 Å². The first kappa shape index (κ1) is 16.1. The van der Waals surface area contributed by atoms with E-state index in [4.69, 9.17) is 4.98 Å². The van der Waals surface area contributed by atoms with Gasteiger partial charge < -0.3 is 9.80 Å². The minimum atomic E-state index is -0.126. The van der Waals surface area contributed by atoms with Crippen LogP contribution in [-0.4, -0.2) is 52.3 Å². The maximum atomic E-state index is 12.9. The van der Waals surface area contributed by atoms with Crippen LogP contribution in [0.15, 0.2) is 5.38 Å². The molecule has 1 aromatic heterocycles. The molecule has 2 aliphatic heterocycles. The lowest BCUT2D eigenvalue weighted by atomic mass is 9.96. The molecule has 6 heteroatoms. The number of carbonyl (C=O) groups excluding carboxylic acids is 2. The van der Waals surface area contributed by atoms with Crippen molar-refractivity contribution in [1.29, 1.82) is 0 Å². The van der Waals surface area contributed by atoms with Crippen molar-refractivity contribution < 1.29 is 9.59 Å². The van der Waals surface area contributed by atoms with Crippen LogP contribution < -0.4 is 0 Å². The fourth-order valence-corrected chi connectivity index (χ4v) is 4.98. The van der Waals surface area contributed by atoms with E-state index in [1.165, 1.54) is 5.01 Å². The molecule has 1 aromatic rings. The Morgan fingerprint density at radius 3 is 2.88 bits per heavy atom. The SMILES string of the molecule is CCc1csc([C@@H]2CCCN(C(=O)[C@H]3CC(=O)N(C4CC4)C3)C2)n1. The standard InChI is InChI=1S/C18H25N3O2S/c1-2-14-11-24-17(19-14)12-4-3-7-20(9-12)18(23)13-8-16(22)21(10-13)15-5-6-15/h11-13,15H,2-10H2,1H3/t12-,13+/m1/s1. The number of likely N-dealkylation sites (tertiary alicyclic amines) is 2. The quantitative estimate of drug-likeness (QED) is 0.840. The molecule has 2 saturated heterocycles. The summed E-state index contributed by atoms with van der Waals surface area (Å²) in [6, 6.07) is 0.423. The number of carbonyl (C=O) groups is 2. The van der Waals surface area contributed by atoms with E-state index in [1.807, 2.05) is 9.80 Å². The van der Waals surface area contributed by atoms with Gasteiger partial charge in [-0.15, -0.1) is 11.3 Å². The van der Waals surface area contributed by atoms with E-state index in [9.17, 15) is 9.59 Å². The largest absolute Gasteiger partial charge is 0.342 e. The maximum Gasteiger partial charge on any atom is 0.228 e. The van der Waals surface area contributed by atoms with Crippen LogP contribution in [0.25, 0.3) is 0 Å². The highest BCUT2D eigenvalue weighted by Crippen LogP contribution is 2.35. The molecule has 1 aliphatic carbocycles. The molecule has 0 N–H and O–H groups in total. The maximum absolute atomic E-state index is 12.9. The van der Waals surface area contributed by atoms with Crippen molar-refractivity contribution in [2.75, 3.05) is 19.6 Å². The van der Waals surface area contributed by atoms with Gasteiger partial charge in [-0.25, -0.2) is 4.98 Å². The summed E-state index contributed by atoms with van der Waals surface area (Å²) in [7, 11) is 0. The van der Waals surface area contributed by atoms with Gasteiger partial charge in [0, 0.05) is 43.4 Å². The van der Waals surface area contributed by atoms with Gasteiger partial charge >= 0.3 is 0 Å². The second-order valence-electron chi connectivity index (χ2n) is 7.33. The van der Waals surface area contributed by atoms with Crippen molar-refractivity contribution >= 4 is 23.2 Å². The number of aryl methyl sites for hydroxylation is 1. The van der Waals surface area contributed by atoms with Gasteiger partial charge in [0.05, 0.1) is 16.6 Å². The third-order valence-corrected chi connectivity index (χ3v) is 6.57. The molecule has 3 aliphatic rings. The summed E-state index contributed by atoms with van der Waals surface area (Å²) in [4.78, 5) is 33.7. The summed E-state index contributed by atoms with van der Waals surface area (Å²) in [5.74, 6) is 0.601. The summed E-state index contributed by atoms with van der Waals surface area (Å²) in [5, 5.41) is 3.31. The molecule has 0 unspecified atom stereocenters. The fourth-order valence-electron chi connectivity index (χ4n) is 3.95. The van der Waals surface area contributed by atoms with Crippen LogP contribution in [0.1, 0.15) is 55.6 Å². The molecule has 3 fully saturated rings. The van der Waals surface area contributed by atoms with Crippen molar-refractivity contribution in [3.63, 3.8) is 0 Å². The molecule has 2 atom stereocenters. The zero-order valence-electron chi connectivity index (χ0n) is 14.2. The molecule has 130 valence electrons. The van der Waals surface area contributed by atoms with E-state index in [0.29, 0.717) is 24.9 Å². The van der Waals surface area contributed by atoms with E-state index < -0.39 is 0 Å². The van der Waals surface area contributed by atoms with Crippen molar-refractivity contribution in [3.05, 3.63) is 16.1 Å². The molecule has 5 nitrogen and oxygen atoms in total. The summed E-state index contributed by atoms with van der Waals surface area (Å²) >= 11 is 1.73. The number of rotatable bonds is 4. The van der Waals surface area contributed by atoms with Crippen molar-refractivity contribution in [3.8, 4) is 0 Å². The van der Waals surface area contributed by atoms with Crippen LogP contribution in [0.2, 0.25) is 0 Å². The predicted molar refractivity (Wildman–Crippen MR) is 92.9 cm³/mol. The molecular formula is C18H25N3O2S. The first-order chi connectivity index (χ1) is 11.7. The summed E-state index contributed by atoms with van der Waals surface area (Å²) < 4.78 is 0. The Hall–Kier alpha value is -1.43. The average Bonchev–Trinajstić information content (AvgIpc) is 3.19. The Balaban J connectivity index is 1.40. The molecule has 0 aromatic carbocycles. The Bertz CT molecular complexity index is 640. The minimum Gasteiger partial charge on any atom is -0.342 e. The highest BCUT2D eigenvalue weighted by atomic mass is 32.1. The van der Waals surface area contributed by atoms with Crippen molar-refractivity contribution in [1.82, 2.24) is 14.8 Å². The Morgan fingerprint density at radius 1 is 1.33 bits per heavy atom. The fraction of sp³-hybridized carbons (Fsp3) is 0.722. The number of amides is 2. The predicted octanol–water partition coefficient (Wildman–Crippen LogP) is 2.42. The molecule has 24 heavy (non-hydrogen) atoms. The van der Waals surface area contributed by atoms with Crippen LogP contribution in [0.3, 0.4) is 0 Å². The lowest BCUT2D eigenvalue weighted by Gasteiger charge is -2.33. The van der Waals surface area contributed by atoms with Gasteiger partial charge in [-0.05, 0) is 32.1 Å². The Kier molecular flexibility index (Phi) is 4.33. The average molecular weight is 347 g/mol. The number of thiazole rings is 1. The highest BCUT2D eigenvalue weighted by Gasteiger charge is 2.43. The Morgan fingerprint density at radius 2 is 2.17 bits per heavy atom. The molecule has 2 amide bonds. The van der Waals surface area contributed by atoms with Crippen LogP contribution in [0.4, 0.5) is 0 Å². The lowest BCUT2D eigenvalue weighted by molar-refractivity contribution is -0.137. The van der Waals surface area contributed by atoms with E-state index in [2.05, 4.69) is 12.3 Å². The Labute approximate surface area is 147 Å². The first-order valence-electron chi connectivity index (χ1n) is 9.18. The van der Waals surface area contributed by atoms with E-state index in [1.54, 1.807) is 11.3 Å². The summed E-state index contributed by atoms with van der Waals surface area (Å²) in [6.07, 6.45) is 5.74. The molecule has 0 spiro atoms. The van der Waals surface area contributed by atoms with Gasteiger partial charge in [-0.1, -0.05) is 6.92 Å². The topological polar surface area (TPSA) is 53.5 Å². The normalized spacial score (nSPS) is 27.8. The highest BCUT2D eigenvalue weighted by molar-refractivity contribution is 7.09. The third kappa shape index (κ3) is 3.08. The van der Waals surface area contributed by atoms with Crippen LogP contribution in [0.5, 0.6) is 0 Å². The number of hydrogen-bond donors (Lipinski definition) is 0. The summed E-state index contributed by atoms with van der Waals surface area (Å²) in [6.45, 7) is 4.36. The van der Waals surface area contributed by atoms with Crippen molar-refractivity contribution in [2.24, 2.45) is 5.92 Å². The smallest absolute Gasteiger partial charge is 0.228 e. The lowest BCUT2D eigenvalue weighted by Crippen LogP contribution is -2.43. The third-order valence-electron chi connectivity index (χ3n) is 5.51. The van der Waals surface area contributed by atoms with E-state index >= 15 is 0 Å². The first-order valence-corrected chi connectivity index (χ1v) is 10.1. The summed E-state index contributed by atoms with van der Waals surface area (Å²) in [5.41, 5.74) is 1.15. The van der Waals surface area contributed by atoms with Crippen molar-refractivity contribution in [2.45, 2.75) is 57.4 Å². The molecule has 4 rings (SSSR count).